The summed E-state index contributed by atoms with van der Waals surface area (Å²) in [4.78, 5) is 0. The molecule has 2 aromatic carbocycles. The molecule has 0 atom stereocenters. The number of amidine groups is 2. The highest BCUT2D eigenvalue weighted by Gasteiger charge is 2.00. The highest BCUT2D eigenvalue weighted by atomic mass is 16.5. The first-order valence-corrected chi connectivity index (χ1v) is 10.7. The maximum Gasteiger partial charge on any atom is 0.188 e. The van der Waals surface area contributed by atoms with E-state index in [-0.39, 0.29) is 11.7 Å². The molecule has 172 valence electrons. The summed E-state index contributed by atoms with van der Waals surface area (Å²) in [5, 5.41) is 28.7. The van der Waals surface area contributed by atoms with Crippen LogP contribution in [0, 0.1) is 16.2 Å². The lowest BCUT2D eigenvalue weighted by Crippen LogP contribution is -2.37. The quantitative estimate of drug-likeness (QED) is 0.136. The number of unbranched alkanes of at least 4 members (excludes halogenated alkanes) is 2. The largest absolute Gasteiger partial charge is 0.494 e. The molecule has 0 bridgehead atoms. The third-order valence-corrected chi connectivity index (χ3v) is 4.61. The Morgan fingerprint density at radius 1 is 0.625 bits per heavy atom. The van der Waals surface area contributed by atoms with Crippen molar-refractivity contribution in [1.29, 1.82) is 16.2 Å². The molecule has 0 spiro atoms. The maximum absolute atomic E-state index is 7.89. The average Bonchev–Trinajstić information content (AvgIpc) is 2.79. The van der Waals surface area contributed by atoms with E-state index in [1.54, 1.807) is 24.3 Å². The van der Waals surface area contributed by atoms with Crippen molar-refractivity contribution in [3.63, 3.8) is 0 Å². The van der Waals surface area contributed by atoms with Crippen molar-refractivity contribution in [2.24, 2.45) is 11.5 Å². The van der Waals surface area contributed by atoms with Crippen LogP contribution in [0.25, 0.3) is 0 Å². The Bertz CT molecular complexity index is 795. The fourth-order valence-corrected chi connectivity index (χ4v) is 2.78. The van der Waals surface area contributed by atoms with E-state index >= 15 is 0 Å². The van der Waals surface area contributed by atoms with E-state index < -0.39 is 0 Å². The van der Waals surface area contributed by atoms with Crippen LogP contribution >= 0.6 is 0 Å². The summed E-state index contributed by atoms with van der Waals surface area (Å²) in [6.07, 6.45) is 3.54. The van der Waals surface area contributed by atoms with Gasteiger partial charge in [-0.3, -0.25) is 16.2 Å². The van der Waals surface area contributed by atoms with Crippen molar-refractivity contribution in [2.45, 2.75) is 25.7 Å². The highest BCUT2D eigenvalue weighted by molar-refractivity contribution is 5.95. The Morgan fingerprint density at radius 2 is 1.00 bits per heavy atom. The Balaban J connectivity index is 1.43. The van der Waals surface area contributed by atoms with Crippen LogP contribution in [0.5, 0.6) is 11.5 Å². The first-order valence-electron chi connectivity index (χ1n) is 10.7. The molecule has 0 heterocycles. The predicted molar refractivity (Wildman–Crippen MR) is 128 cm³/mol. The van der Waals surface area contributed by atoms with E-state index in [4.69, 9.17) is 37.2 Å². The molecule has 0 aliphatic heterocycles. The number of nitrogens with two attached hydrogens (primary N) is 2. The van der Waals surface area contributed by atoms with E-state index in [9.17, 15) is 0 Å². The van der Waals surface area contributed by atoms with Gasteiger partial charge in [-0.1, -0.05) is 0 Å². The van der Waals surface area contributed by atoms with Crippen molar-refractivity contribution in [3.05, 3.63) is 59.7 Å². The Kier molecular flexibility index (Phi) is 10.4. The topological polar surface area (TPSA) is 166 Å². The smallest absolute Gasteiger partial charge is 0.188 e. The zero-order chi connectivity index (χ0) is 23.2. The van der Waals surface area contributed by atoms with Crippen molar-refractivity contribution < 1.29 is 9.47 Å². The summed E-state index contributed by atoms with van der Waals surface area (Å²) in [5.41, 5.74) is 12.2. The van der Waals surface area contributed by atoms with Crippen molar-refractivity contribution >= 4 is 17.6 Å². The summed E-state index contributed by atoms with van der Waals surface area (Å²) in [7, 11) is 0. The van der Waals surface area contributed by atoms with Crippen molar-refractivity contribution in [3.8, 4) is 11.5 Å². The molecule has 0 saturated heterocycles. The SMILES string of the molecule is N=C(NCCCCOc1ccc(C(=N)N)cc1)NCCCCOc1ccc(C(=N)N)cc1. The number of nitrogen functional groups attached to an aromatic ring is 2. The standard InChI is InChI=1S/C23H33N7O2/c24-21(25)17-5-9-19(10-6-17)31-15-3-1-13-29-23(28)30-14-2-4-16-32-20-11-7-18(8-12-20)22(26)27/h5-12H,1-4,13-16H2,(H3,24,25)(H3,26,27)(H3,28,29,30). The molecule has 9 heteroatoms. The maximum atomic E-state index is 7.89. The Morgan fingerprint density at radius 3 is 1.34 bits per heavy atom. The number of benzene rings is 2. The molecule has 0 amide bonds. The lowest BCUT2D eigenvalue weighted by Gasteiger charge is -2.11. The molecule has 0 saturated carbocycles. The summed E-state index contributed by atoms with van der Waals surface area (Å²) in [6, 6.07) is 14.3. The molecule has 0 aliphatic carbocycles. The molecular formula is C23H33N7O2. The van der Waals surface area contributed by atoms with Gasteiger partial charge in [-0.2, -0.15) is 0 Å². The molecule has 0 unspecified atom stereocenters. The van der Waals surface area contributed by atoms with Gasteiger partial charge >= 0.3 is 0 Å². The van der Waals surface area contributed by atoms with Crippen molar-refractivity contribution in [1.82, 2.24) is 10.6 Å². The van der Waals surface area contributed by atoms with Gasteiger partial charge in [0, 0.05) is 24.2 Å². The van der Waals surface area contributed by atoms with Crippen molar-refractivity contribution in [2.75, 3.05) is 26.3 Å². The molecule has 2 aromatic rings. The number of hydrogen-bond donors (Lipinski definition) is 7. The predicted octanol–water partition coefficient (Wildman–Crippen LogP) is 2.39. The van der Waals surface area contributed by atoms with Gasteiger partial charge in [-0.05, 0) is 74.2 Å². The lowest BCUT2D eigenvalue weighted by molar-refractivity contribution is 0.306. The molecule has 9 N–H and O–H groups in total. The van der Waals surface area contributed by atoms with E-state index in [1.165, 1.54) is 0 Å². The van der Waals surface area contributed by atoms with Crippen LogP contribution in [-0.4, -0.2) is 43.9 Å². The molecule has 0 aromatic heterocycles. The summed E-state index contributed by atoms with van der Waals surface area (Å²) in [6.45, 7) is 2.61. The summed E-state index contributed by atoms with van der Waals surface area (Å²) < 4.78 is 11.3. The lowest BCUT2D eigenvalue weighted by atomic mass is 10.2. The van der Waals surface area contributed by atoms with Gasteiger partial charge in [-0.25, -0.2) is 0 Å². The molecule has 9 nitrogen and oxygen atoms in total. The molecule has 2 rings (SSSR count). The Labute approximate surface area is 189 Å². The fraction of sp³-hybridized carbons (Fsp3) is 0.348. The zero-order valence-electron chi connectivity index (χ0n) is 18.2. The fourth-order valence-electron chi connectivity index (χ4n) is 2.78. The van der Waals surface area contributed by atoms with Gasteiger partial charge in [0.25, 0.3) is 0 Å². The van der Waals surface area contributed by atoms with Gasteiger partial charge in [0.05, 0.1) is 13.2 Å². The van der Waals surface area contributed by atoms with Crippen LogP contribution in [0.3, 0.4) is 0 Å². The van der Waals surface area contributed by atoms with E-state index in [0.29, 0.717) is 43.4 Å². The first kappa shape index (κ1) is 24.5. The molecule has 32 heavy (non-hydrogen) atoms. The number of rotatable bonds is 14. The minimum atomic E-state index is 0.0457. The summed E-state index contributed by atoms with van der Waals surface area (Å²) >= 11 is 0. The van der Waals surface area contributed by atoms with Gasteiger partial charge in [0.15, 0.2) is 5.96 Å². The van der Waals surface area contributed by atoms with Crippen LogP contribution < -0.4 is 31.6 Å². The van der Waals surface area contributed by atoms with Gasteiger partial charge in [0.1, 0.15) is 23.2 Å². The van der Waals surface area contributed by atoms with Crippen LogP contribution in [0.2, 0.25) is 0 Å². The normalized spacial score (nSPS) is 10.2. The second-order valence-corrected chi connectivity index (χ2v) is 7.22. The molecular weight excluding hydrogens is 406 g/mol. The monoisotopic (exact) mass is 439 g/mol. The molecule has 0 aliphatic rings. The number of guanidine groups is 1. The van der Waals surface area contributed by atoms with Gasteiger partial charge < -0.3 is 31.6 Å². The average molecular weight is 440 g/mol. The minimum absolute atomic E-state index is 0.0457. The molecule has 0 radical (unpaired) electrons. The summed E-state index contributed by atoms with van der Waals surface area (Å²) in [5.74, 6) is 1.93. The minimum Gasteiger partial charge on any atom is -0.494 e. The highest BCUT2D eigenvalue weighted by Crippen LogP contribution is 2.13. The second-order valence-electron chi connectivity index (χ2n) is 7.22. The number of ether oxygens (including phenoxy) is 2. The number of nitrogens with one attached hydrogen (secondary N) is 5. The first-order chi connectivity index (χ1) is 15.5. The van der Waals surface area contributed by atoms with E-state index in [0.717, 1.165) is 37.2 Å². The van der Waals surface area contributed by atoms with E-state index in [1.807, 2.05) is 24.3 Å². The second kappa shape index (κ2) is 13.5. The molecule has 0 fully saturated rings. The van der Waals surface area contributed by atoms with Crippen LogP contribution in [0.15, 0.2) is 48.5 Å². The Hall–Kier alpha value is -3.75. The van der Waals surface area contributed by atoms with Crippen LogP contribution in [0.4, 0.5) is 0 Å². The van der Waals surface area contributed by atoms with Crippen LogP contribution in [0.1, 0.15) is 36.8 Å². The van der Waals surface area contributed by atoms with E-state index in [2.05, 4.69) is 10.6 Å². The van der Waals surface area contributed by atoms with Crippen LogP contribution in [-0.2, 0) is 0 Å². The van der Waals surface area contributed by atoms with Gasteiger partial charge in [-0.15, -0.1) is 0 Å². The van der Waals surface area contributed by atoms with Gasteiger partial charge in [0.2, 0.25) is 0 Å². The zero-order valence-corrected chi connectivity index (χ0v) is 18.2. The third-order valence-electron chi connectivity index (χ3n) is 4.61. The number of hydrogen-bond acceptors (Lipinski definition) is 5. The third kappa shape index (κ3) is 9.38.